The quantitative estimate of drug-likeness (QED) is 0.537. The number of H-pyrrole nitrogens is 1. The summed E-state index contributed by atoms with van der Waals surface area (Å²) in [6, 6.07) is 0. The molecular formula is C6H8N2O. The van der Waals surface area contributed by atoms with Crippen molar-refractivity contribution in [2.75, 3.05) is 18.5 Å². The molecule has 1 aromatic rings. The molecule has 2 N–H and O–H groups in total. The molecule has 0 fully saturated rings. The Bertz CT molecular complexity index is 186. The van der Waals surface area contributed by atoms with Crippen LogP contribution in [0.5, 0.6) is 5.75 Å². The maximum atomic E-state index is 5.27. The van der Waals surface area contributed by atoms with Gasteiger partial charge in [-0.2, -0.15) is 0 Å². The first kappa shape index (κ1) is 4.73. The Balaban J connectivity index is 2.39. The Morgan fingerprint density at radius 1 is 1.44 bits per heavy atom. The van der Waals surface area contributed by atoms with Crippen molar-refractivity contribution in [2.24, 2.45) is 0 Å². The second-order valence-electron chi connectivity index (χ2n) is 2.01. The smallest absolute Gasteiger partial charge is 0.159 e. The Morgan fingerprint density at radius 2 is 2.44 bits per heavy atom. The van der Waals surface area contributed by atoms with Crippen molar-refractivity contribution in [1.82, 2.24) is 4.98 Å². The highest BCUT2D eigenvalue weighted by molar-refractivity contribution is 5.55. The lowest BCUT2D eigenvalue weighted by Crippen LogP contribution is -2.16. The van der Waals surface area contributed by atoms with Gasteiger partial charge in [0.2, 0.25) is 0 Å². The molecule has 0 saturated carbocycles. The zero-order valence-electron chi connectivity index (χ0n) is 4.98. The molecule has 9 heavy (non-hydrogen) atoms. The molecule has 0 unspecified atom stereocenters. The first-order chi connectivity index (χ1) is 4.47. The summed E-state index contributed by atoms with van der Waals surface area (Å²) >= 11 is 0. The summed E-state index contributed by atoms with van der Waals surface area (Å²) < 4.78 is 5.27. The number of hydrogen-bond donors (Lipinski definition) is 2. The minimum Gasteiger partial charge on any atom is -0.488 e. The molecule has 0 saturated heterocycles. The molecular weight excluding hydrogens is 116 g/mol. The minimum atomic E-state index is 0.769. The van der Waals surface area contributed by atoms with E-state index in [1.807, 2.05) is 12.4 Å². The molecule has 1 aliphatic rings. The molecule has 0 aliphatic carbocycles. The van der Waals surface area contributed by atoms with E-state index in [0.29, 0.717) is 0 Å². The third kappa shape index (κ3) is 0.650. The number of aromatic nitrogens is 1. The molecule has 0 bridgehead atoms. The van der Waals surface area contributed by atoms with Crippen molar-refractivity contribution in [2.45, 2.75) is 0 Å². The highest BCUT2D eigenvalue weighted by Crippen LogP contribution is 2.25. The van der Waals surface area contributed by atoms with Gasteiger partial charge in [-0.05, 0) is 0 Å². The van der Waals surface area contributed by atoms with E-state index < -0.39 is 0 Å². The molecule has 0 amide bonds. The number of nitrogens with one attached hydrogen (secondary N) is 2. The molecule has 2 rings (SSSR count). The molecule has 2 heterocycles. The average molecular weight is 124 g/mol. The molecule has 0 atom stereocenters. The summed E-state index contributed by atoms with van der Waals surface area (Å²) in [6.07, 6.45) is 3.75. The van der Waals surface area contributed by atoms with E-state index in [-0.39, 0.29) is 0 Å². The Hall–Kier alpha value is -1.12. The van der Waals surface area contributed by atoms with Gasteiger partial charge in [0.25, 0.3) is 0 Å². The topological polar surface area (TPSA) is 37.0 Å². The highest BCUT2D eigenvalue weighted by atomic mass is 16.5. The summed E-state index contributed by atoms with van der Waals surface area (Å²) in [6.45, 7) is 1.68. The second kappa shape index (κ2) is 1.69. The molecule has 3 nitrogen and oxygen atoms in total. The molecule has 48 valence electrons. The van der Waals surface area contributed by atoms with Gasteiger partial charge >= 0.3 is 0 Å². The van der Waals surface area contributed by atoms with E-state index >= 15 is 0 Å². The molecule has 0 aromatic carbocycles. The van der Waals surface area contributed by atoms with Crippen molar-refractivity contribution >= 4 is 5.69 Å². The first-order valence-electron chi connectivity index (χ1n) is 3.00. The summed E-state index contributed by atoms with van der Waals surface area (Å²) in [4.78, 5) is 2.95. The Labute approximate surface area is 53.0 Å². The van der Waals surface area contributed by atoms with Gasteiger partial charge in [0.05, 0.1) is 5.69 Å². The van der Waals surface area contributed by atoms with Crippen LogP contribution in [0.25, 0.3) is 0 Å². The largest absolute Gasteiger partial charge is 0.488 e. The van der Waals surface area contributed by atoms with E-state index in [1.54, 1.807) is 0 Å². The van der Waals surface area contributed by atoms with E-state index in [2.05, 4.69) is 10.3 Å². The van der Waals surface area contributed by atoms with Crippen LogP contribution in [-0.2, 0) is 0 Å². The van der Waals surface area contributed by atoms with Crippen molar-refractivity contribution < 1.29 is 4.74 Å². The predicted octanol–water partition coefficient (Wildman–Crippen LogP) is 0.819. The van der Waals surface area contributed by atoms with Crippen LogP contribution in [0, 0.1) is 0 Å². The van der Waals surface area contributed by atoms with Crippen LogP contribution >= 0.6 is 0 Å². The van der Waals surface area contributed by atoms with Crippen LogP contribution < -0.4 is 10.1 Å². The number of aromatic amines is 1. The third-order valence-corrected chi connectivity index (χ3v) is 1.38. The van der Waals surface area contributed by atoms with Gasteiger partial charge in [-0.3, -0.25) is 0 Å². The van der Waals surface area contributed by atoms with E-state index in [0.717, 1.165) is 24.6 Å². The lowest BCUT2D eigenvalue weighted by Gasteiger charge is -2.13. The SMILES string of the molecule is c1[nH]cc2c1NCCO2. The van der Waals surface area contributed by atoms with Gasteiger partial charge in [0, 0.05) is 18.9 Å². The van der Waals surface area contributed by atoms with Crippen molar-refractivity contribution in [3.8, 4) is 5.75 Å². The zero-order valence-corrected chi connectivity index (χ0v) is 4.98. The van der Waals surface area contributed by atoms with Gasteiger partial charge in [-0.15, -0.1) is 0 Å². The molecule has 3 heteroatoms. The predicted molar refractivity (Wildman–Crippen MR) is 34.8 cm³/mol. The fraction of sp³-hybridized carbons (Fsp3) is 0.333. The van der Waals surface area contributed by atoms with Crippen LogP contribution in [0.1, 0.15) is 0 Å². The third-order valence-electron chi connectivity index (χ3n) is 1.38. The lowest BCUT2D eigenvalue weighted by atomic mass is 10.4. The van der Waals surface area contributed by atoms with Gasteiger partial charge < -0.3 is 15.0 Å². The standard InChI is InChI=1S/C6H8N2O/c1-2-9-6-4-7-3-5(6)8-1/h3-4,7-8H,1-2H2. The number of ether oxygens (including phenoxy) is 1. The number of hydrogen-bond acceptors (Lipinski definition) is 2. The Kier molecular flexibility index (Phi) is 0.886. The van der Waals surface area contributed by atoms with Gasteiger partial charge in [-0.25, -0.2) is 0 Å². The normalized spacial score (nSPS) is 15.6. The maximum absolute atomic E-state index is 5.27. The van der Waals surface area contributed by atoms with Gasteiger partial charge in [-0.1, -0.05) is 0 Å². The zero-order chi connectivity index (χ0) is 6.10. The second-order valence-corrected chi connectivity index (χ2v) is 2.01. The monoisotopic (exact) mass is 124 g/mol. The number of rotatable bonds is 0. The molecule has 0 spiro atoms. The fourth-order valence-electron chi connectivity index (χ4n) is 0.954. The first-order valence-corrected chi connectivity index (χ1v) is 3.00. The van der Waals surface area contributed by atoms with Crippen LogP contribution in [0.15, 0.2) is 12.4 Å². The number of fused-ring (bicyclic) bond motifs is 1. The number of anilines is 1. The van der Waals surface area contributed by atoms with E-state index in [9.17, 15) is 0 Å². The fourth-order valence-corrected chi connectivity index (χ4v) is 0.954. The maximum Gasteiger partial charge on any atom is 0.159 e. The van der Waals surface area contributed by atoms with Crippen LogP contribution in [-0.4, -0.2) is 18.1 Å². The van der Waals surface area contributed by atoms with Crippen LogP contribution in [0.4, 0.5) is 5.69 Å². The summed E-state index contributed by atoms with van der Waals surface area (Å²) in [5, 5.41) is 3.19. The average Bonchev–Trinajstić information content (AvgIpc) is 2.33. The van der Waals surface area contributed by atoms with Gasteiger partial charge in [0.1, 0.15) is 6.61 Å². The van der Waals surface area contributed by atoms with Crippen molar-refractivity contribution in [1.29, 1.82) is 0 Å². The van der Waals surface area contributed by atoms with Gasteiger partial charge in [0.15, 0.2) is 5.75 Å². The van der Waals surface area contributed by atoms with Crippen molar-refractivity contribution in [3.05, 3.63) is 12.4 Å². The van der Waals surface area contributed by atoms with E-state index in [1.165, 1.54) is 0 Å². The summed E-state index contributed by atoms with van der Waals surface area (Å²) in [5.41, 5.74) is 1.07. The molecule has 1 aliphatic heterocycles. The summed E-state index contributed by atoms with van der Waals surface area (Å²) in [5.74, 6) is 0.932. The Morgan fingerprint density at radius 3 is 3.33 bits per heavy atom. The lowest BCUT2D eigenvalue weighted by molar-refractivity contribution is 0.324. The van der Waals surface area contributed by atoms with E-state index in [4.69, 9.17) is 4.74 Å². The highest BCUT2D eigenvalue weighted by Gasteiger charge is 2.07. The molecule has 1 aromatic heterocycles. The van der Waals surface area contributed by atoms with Crippen molar-refractivity contribution in [3.63, 3.8) is 0 Å². The minimum absolute atomic E-state index is 0.769. The van der Waals surface area contributed by atoms with Crippen LogP contribution in [0.2, 0.25) is 0 Å². The van der Waals surface area contributed by atoms with Crippen LogP contribution in [0.3, 0.4) is 0 Å². The molecule has 0 radical (unpaired) electrons. The summed E-state index contributed by atoms with van der Waals surface area (Å²) in [7, 11) is 0.